The molecule has 0 aromatic heterocycles. The first-order valence-corrected chi connectivity index (χ1v) is 5.99. The van der Waals surface area contributed by atoms with Gasteiger partial charge in [0.1, 0.15) is 11.5 Å². The SMILES string of the molecule is CC(=O)c1ccc(Oc2ccccc2C)cc1Cl. The van der Waals surface area contributed by atoms with Gasteiger partial charge in [-0.2, -0.15) is 0 Å². The molecule has 2 aromatic rings. The van der Waals surface area contributed by atoms with Crippen molar-refractivity contribution in [2.24, 2.45) is 0 Å². The summed E-state index contributed by atoms with van der Waals surface area (Å²) in [6, 6.07) is 12.8. The van der Waals surface area contributed by atoms with Crippen LogP contribution in [0.5, 0.6) is 11.5 Å². The fourth-order valence-electron chi connectivity index (χ4n) is 1.64. The van der Waals surface area contributed by atoms with Crippen LogP contribution in [0.25, 0.3) is 0 Å². The zero-order valence-electron chi connectivity index (χ0n) is 10.2. The second kappa shape index (κ2) is 5.23. The Balaban J connectivity index is 2.29. The van der Waals surface area contributed by atoms with Gasteiger partial charge in [-0.3, -0.25) is 4.79 Å². The zero-order chi connectivity index (χ0) is 13.1. The Morgan fingerprint density at radius 1 is 1.17 bits per heavy atom. The number of carbonyl (C=O) groups is 1. The van der Waals surface area contributed by atoms with E-state index in [1.54, 1.807) is 18.2 Å². The molecule has 92 valence electrons. The quantitative estimate of drug-likeness (QED) is 0.752. The van der Waals surface area contributed by atoms with Gasteiger partial charge in [0, 0.05) is 11.6 Å². The molecule has 2 rings (SSSR count). The number of ketones is 1. The van der Waals surface area contributed by atoms with Gasteiger partial charge in [0.05, 0.1) is 5.02 Å². The van der Waals surface area contributed by atoms with Gasteiger partial charge >= 0.3 is 0 Å². The first-order chi connectivity index (χ1) is 8.58. The number of benzene rings is 2. The van der Waals surface area contributed by atoms with Crippen molar-refractivity contribution in [3.8, 4) is 11.5 Å². The van der Waals surface area contributed by atoms with Crippen molar-refractivity contribution in [3.63, 3.8) is 0 Å². The molecule has 0 heterocycles. The minimum absolute atomic E-state index is 0.0533. The maximum Gasteiger partial charge on any atom is 0.161 e. The largest absolute Gasteiger partial charge is 0.457 e. The number of aryl methyl sites for hydroxylation is 1. The van der Waals surface area contributed by atoms with Crippen LogP contribution in [-0.4, -0.2) is 5.78 Å². The van der Waals surface area contributed by atoms with Gasteiger partial charge < -0.3 is 4.74 Å². The molecule has 0 radical (unpaired) electrons. The van der Waals surface area contributed by atoms with Crippen LogP contribution in [0.3, 0.4) is 0 Å². The summed E-state index contributed by atoms with van der Waals surface area (Å²) in [6.45, 7) is 3.46. The zero-order valence-corrected chi connectivity index (χ0v) is 11.0. The van der Waals surface area contributed by atoms with Crippen molar-refractivity contribution in [2.45, 2.75) is 13.8 Å². The molecule has 0 saturated heterocycles. The average molecular weight is 261 g/mol. The summed E-state index contributed by atoms with van der Waals surface area (Å²) in [5.74, 6) is 1.35. The van der Waals surface area contributed by atoms with Gasteiger partial charge in [-0.05, 0) is 37.6 Å². The van der Waals surface area contributed by atoms with Crippen molar-refractivity contribution < 1.29 is 9.53 Å². The van der Waals surface area contributed by atoms with Crippen LogP contribution >= 0.6 is 11.6 Å². The summed E-state index contributed by atoms with van der Waals surface area (Å²) >= 11 is 6.03. The van der Waals surface area contributed by atoms with Crippen LogP contribution in [-0.2, 0) is 0 Å². The van der Waals surface area contributed by atoms with Gasteiger partial charge in [0.15, 0.2) is 5.78 Å². The molecule has 0 unspecified atom stereocenters. The maximum atomic E-state index is 11.3. The van der Waals surface area contributed by atoms with Crippen molar-refractivity contribution in [1.29, 1.82) is 0 Å². The molecule has 2 nitrogen and oxygen atoms in total. The number of hydrogen-bond donors (Lipinski definition) is 0. The van der Waals surface area contributed by atoms with Gasteiger partial charge in [-0.15, -0.1) is 0 Å². The van der Waals surface area contributed by atoms with Crippen LogP contribution in [0, 0.1) is 6.92 Å². The molecule has 0 atom stereocenters. The van der Waals surface area contributed by atoms with E-state index < -0.39 is 0 Å². The lowest BCUT2D eigenvalue weighted by molar-refractivity contribution is 0.101. The van der Waals surface area contributed by atoms with Crippen LogP contribution in [0.1, 0.15) is 22.8 Å². The highest BCUT2D eigenvalue weighted by Gasteiger charge is 2.07. The number of carbonyl (C=O) groups excluding carboxylic acids is 1. The first-order valence-electron chi connectivity index (χ1n) is 5.62. The van der Waals surface area contributed by atoms with Crippen LogP contribution < -0.4 is 4.74 Å². The van der Waals surface area contributed by atoms with E-state index in [0.717, 1.165) is 11.3 Å². The van der Waals surface area contributed by atoms with Crippen molar-refractivity contribution >= 4 is 17.4 Å². The number of para-hydroxylation sites is 1. The molecule has 0 saturated carbocycles. The van der Waals surface area contributed by atoms with E-state index in [1.807, 2.05) is 31.2 Å². The molecule has 0 bridgehead atoms. The summed E-state index contributed by atoms with van der Waals surface area (Å²) < 4.78 is 5.73. The predicted molar refractivity (Wildman–Crippen MR) is 72.7 cm³/mol. The monoisotopic (exact) mass is 260 g/mol. The summed E-state index contributed by atoms with van der Waals surface area (Å²) in [4.78, 5) is 11.3. The highest BCUT2D eigenvalue weighted by atomic mass is 35.5. The highest BCUT2D eigenvalue weighted by molar-refractivity contribution is 6.34. The van der Waals surface area contributed by atoms with Gasteiger partial charge in [0.25, 0.3) is 0 Å². The van der Waals surface area contributed by atoms with Crippen molar-refractivity contribution in [1.82, 2.24) is 0 Å². The molecule has 0 aliphatic rings. The number of halogens is 1. The van der Waals surface area contributed by atoms with Crippen LogP contribution in [0.15, 0.2) is 42.5 Å². The Labute approximate surface area is 111 Å². The second-order valence-electron chi connectivity index (χ2n) is 4.07. The summed E-state index contributed by atoms with van der Waals surface area (Å²) in [6.07, 6.45) is 0. The van der Waals surface area contributed by atoms with Gasteiger partial charge in [-0.1, -0.05) is 29.8 Å². The van der Waals surface area contributed by atoms with Gasteiger partial charge in [0.2, 0.25) is 0 Å². The minimum Gasteiger partial charge on any atom is -0.457 e. The van der Waals surface area contributed by atoms with Crippen LogP contribution in [0.2, 0.25) is 5.02 Å². The molecule has 0 amide bonds. The third-order valence-electron chi connectivity index (χ3n) is 2.64. The fraction of sp³-hybridized carbons (Fsp3) is 0.133. The summed E-state index contributed by atoms with van der Waals surface area (Å²) in [5.41, 5.74) is 1.55. The predicted octanol–water partition coefficient (Wildman–Crippen LogP) is 4.64. The standard InChI is InChI=1S/C15H13ClO2/c1-10-5-3-4-6-15(10)18-12-7-8-13(11(2)17)14(16)9-12/h3-9H,1-2H3. The van der Waals surface area contributed by atoms with E-state index in [-0.39, 0.29) is 5.78 Å². The Hall–Kier alpha value is -1.80. The van der Waals surface area contributed by atoms with E-state index in [1.165, 1.54) is 6.92 Å². The Morgan fingerprint density at radius 2 is 1.89 bits per heavy atom. The van der Waals surface area contributed by atoms with Gasteiger partial charge in [-0.25, -0.2) is 0 Å². The Bertz CT molecular complexity index is 591. The fourth-order valence-corrected chi connectivity index (χ4v) is 1.95. The molecule has 18 heavy (non-hydrogen) atoms. The lowest BCUT2D eigenvalue weighted by Crippen LogP contribution is -1.94. The molecular formula is C15H13ClO2. The highest BCUT2D eigenvalue weighted by Crippen LogP contribution is 2.28. The molecule has 0 N–H and O–H groups in total. The van der Waals surface area contributed by atoms with Crippen molar-refractivity contribution in [3.05, 3.63) is 58.6 Å². The smallest absolute Gasteiger partial charge is 0.161 e. The number of ether oxygens (including phenoxy) is 1. The van der Waals surface area contributed by atoms with E-state index >= 15 is 0 Å². The number of hydrogen-bond acceptors (Lipinski definition) is 2. The third kappa shape index (κ3) is 2.71. The normalized spacial score (nSPS) is 10.2. The van der Waals surface area contributed by atoms with Crippen molar-refractivity contribution in [2.75, 3.05) is 0 Å². The molecule has 0 spiro atoms. The summed E-state index contributed by atoms with van der Waals surface area (Å²) in [5, 5.41) is 0.411. The van der Waals surface area contributed by atoms with E-state index in [4.69, 9.17) is 16.3 Å². The Morgan fingerprint density at radius 3 is 2.50 bits per heavy atom. The topological polar surface area (TPSA) is 26.3 Å². The molecule has 0 fully saturated rings. The molecule has 2 aromatic carbocycles. The van der Waals surface area contributed by atoms with E-state index in [9.17, 15) is 4.79 Å². The molecule has 0 aliphatic carbocycles. The first kappa shape index (κ1) is 12.7. The van der Waals surface area contributed by atoms with Crippen LogP contribution in [0.4, 0.5) is 0 Å². The lowest BCUT2D eigenvalue weighted by Gasteiger charge is -2.09. The third-order valence-corrected chi connectivity index (χ3v) is 2.95. The molecule has 3 heteroatoms. The van der Waals surface area contributed by atoms with E-state index in [0.29, 0.717) is 16.3 Å². The number of Topliss-reactive ketones (excluding diaryl/α,β-unsaturated/α-hetero) is 1. The van der Waals surface area contributed by atoms with E-state index in [2.05, 4.69) is 0 Å². The Kier molecular flexibility index (Phi) is 3.68. The number of rotatable bonds is 3. The lowest BCUT2D eigenvalue weighted by atomic mass is 10.1. The second-order valence-corrected chi connectivity index (χ2v) is 4.47. The molecular weight excluding hydrogens is 248 g/mol. The minimum atomic E-state index is -0.0533. The maximum absolute atomic E-state index is 11.3. The molecule has 0 aliphatic heterocycles. The average Bonchev–Trinajstić information content (AvgIpc) is 2.32. The summed E-state index contributed by atoms with van der Waals surface area (Å²) in [7, 11) is 0.